The molecule has 0 bridgehead atoms. The first-order chi connectivity index (χ1) is 9.65. The molecule has 1 atom stereocenters. The largest absolute Gasteiger partial charge is 0.494 e. The summed E-state index contributed by atoms with van der Waals surface area (Å²) in [6.45, 7) is 2.50. The van der Waals surface area contributed by atoms with Gasteiger partial charge < -0.3 is 4.74 Å². The zero-order valence-corrected chi connectivity index (χ0v) is 11.8. The smallest absolute Gasteiger partial charge is 0.124 e. The fourth-order valence-electron chi connectivity index (χ4n) is 2.05. The van der Waals surface area contributed by atoms with Crippen LogP contribution in [0.25, 0.3) is 0 Å². The molecular weight excluding hydrogens is 279 g/mol. The molecule has 0 aliphatic heterocycles. The molecule has 20 heavy (non-hydrogen) atoms. The Kier molecular flexibility index (Phi) is 4.95. The molecule has 3 nitrogen and oxygen atoms in total. The summed E-state index contributed by atoms with van der Waals surface area (Å²) in [5.41, 5.74) is 4.31. The molecule has 5 heteroatoms. The van der Waals surface area contributed by atoms with Crippen molar-refractivity contribution < 1.29 is 9.13 Å². The van der Waals surface area contributed by atoms with Crippen LogP contribution in [0.5, 0.6) is 5.75 Å². The van der Waals surface area contributed by atoms with Gasteiger partial charge in [-0.05, 0) is 42.3 Å². The lowest BCUT2D eigenvalue weighted by atomic mass is 9.99. The van der Waals surface area contributed by atoms with E-state index < -0.39 is 0 Å². The van der Waals surface area contributed by atoms with Crippen molar-refractivity contribution in [3.63, 3.8) is 0 Å². The molecule has 106 valence electrons. The minimum Gasteiger partial charge on any atom is -0.494 e. The Balaban J connectivity index is 2.38. The average Bonchev–Trinajstić information content (AvgIpc) is 2.43. The van der Waals surface area contributed by atoms with Gasteiger partial charge in [-0.15, -0.1) is 0 Å². The van der Waals surface area contributed by atoms with Crippen LogP contribution in [0, 0.1) is 5.82 Å². The Labute approximate surface area is 122 Å². The Morgan fingerprint density at radius 2 is 2.10 bits per heavy atom. The molecule has 0 saturated carbocycles. The minimum atomic E-state index is -0.377. The summed E-state index contributed by atoms with van der Waals surface area (Å²) in [4.78, 5) is 0. The molecular formula is C15H16ClFN2O. The second kappa shape index (κ2) is 6.70. The number of halogens is 2. The average molecular weight is 295 g/mol. The highest BCUT2D eigenvalue weighted by molar-refractivity contribution is 6.31. The van der Waals surface area contributed by atoms with E-state index in [1.165, 1.54) is 12.1 Å². The van der Waals surface area contributed by atoms with Crippen LogP contribution in [-0.4, -0.2) is 6.61 Å². The maximum atomic E-state index is 13.1. The van der Waals surface area contributed by atoms with Crippen LogP contribution in [0.1, 0.15) is 24.1 Å². The van der Waals surface area contributed by atoms with Gasteiger partial charge in [0.05, 0.1) is 12.6 Å². The van der Waals surface area contributed by atoms with Gasteiger partial charge >= 0.3 is 0 Å². The molecule has 0 heterocycles. The van der Waals surface area contributed by atoms with E-state index in [4.69, 9.17) is 22.2 Å². The zero-order chi connectivity index (χ0) is 14.5. The second-order valence-electron chi connectivity index (χ2n) is 4.27. The Hall–Kier alpha value is -1.62. The lowest BCUT2D eigenvalue weighted by Crippen LogP contribution is -2.29. The minimum absolute atomic E-state index is 0.328. The van der Waals surface area contributed by atoms with Gasteiger partial charge in [-0.3, -0.25) is 5.84 Å². The maximum Gasteiger partial charge on any atom is 0.124 e. The highest BCUT2D eigenvalue weighted by atomic mass is 35.5. The third kappa shape index (κ3) is 3.28. The van der Waals surface area contributed by atoms with Gasteiger partial charge in [0.1, 0.15) is 11.6 Å². The lowest BCUT2D eigenvalue weighted by molar-refractivity contribution is 0.339. The third-order valence-corrected chi connectivity index (χ3v) is 3.27. The molecule has 0 aliphatic carbocycles. The number of nitrogens with two attached hydrogens (primary N) is 1. The first-order valence-corrected chi connectivity index (χ1v) is 6.67. The van der Waals surface area contributed by atoms with E-state index in [1.54, 1.807) is 6.07 Å². The standard InChI is InChI=1S/C15H16ClFN2O/c1-2-20-12-5-3-4-10(8-12)15(19-18)13-7-6-11(17)9-14(13)16/h3-9,15,19H,2,18H2,1H3. The summed E-state index contributed by atoms with van der Waals surface area (Å²) in [5.74, 6) is 6.00. The van der Waals surface area contributed by atoms with Gasteiger partial charge in [0, 0.05) is 5.02 Å². The topological polar surface area (TPSA) is 47.3 Å². The highest BCUT2D eigenvalue weighted by Crippen LogP contribution is 2.30. The number of ether oxygens (including phenoxy) is 1. The van der Waals surface area contributed by atoms with E-state index >= 15 is 0 Å². The van der Waals surface area contributed by atoms with Crippen LogP contribution in [0.15, 0.2) is 42.5 Å². The molecule has 0 spiro atoms. The molecule has 2 aromatic rings. The normalized spacial score (nSPS) is 12.2. The summed E-state index contributed by atoms with van der Waals surface area (Å²) >= 11 is 6.09. The lowest BCUT2D eigenvalue weighted by Gasteiger charge is -2.19. The van der Waals surface area contributed by atoms with Crippen molar-refractivity contribution in [2.45, 2.75) is 13.0 Å². The molecule has 1 unspecified atom stereocenters. The summed E-state index contributed by atoms with van der Waals surface area (Å²) < 4.78 is 18.6. The van der Waals surface area contributed by atoms with E-state index in [2.05, 4.69) is 5.43 Å². The molecule has 0 aromatic heterocycles. The summed E-state index contributed by atoms with van der Waals surface area (Å²) in [6.07, 6.45) is 0. The van der Waals surface area contributed by atoms with E-state index in [9.17, 15) is 4.39 Å². The molecule has 3 N–H and O–H groups in total. The molecule has 0 aliphatic rings. The first-order valence-electron chi connectivity index (χ1n) is 6.29. The van der Waals surface area contributed by atoms with Crippen molar-refractivity contribution >= 4 is 11.6 Å². The van der Waals surface area contributed by atoms with Crippen LogP contribution in [0.3, 0.4) is 0 Å². The molecule has 0 radical (unpaired) electrons. The van der Waals surface area contributed by atoms with Crippen LogP contribution in [0.2, 0.25) is 5.02 Å². The van der Waals surface area contributed by atoms with Crippen molar-refractivity contribution in [3.8, 4) is 5.75 Å². The SMILES string of the molecule is CCOc1cccc(C(NN)c2ccc(F)cc2Cl)c1. The van der Waals surface area contributed by atoms with E-state index in [1.807, 2.05) is 31.2 Å². The Morgan fingerprint density at radius 3 is 2.75 bits per heavy atom. The van der Waals surface area contributed by atoms with Gasteiger partial charge in [-0.1, -0.05) is 29.8 Å². The predicted molar refractivity (Wildman–Crippen MR) is 78.2 cm³/mol. The third-order valence-electron chi connectivity index (χ3n) is 2.94. The van der Waals surface area contributed by atoms with E-state index in [0.29, 0.717) is 17.2 Å². The Bertz CT molecular complexity index is 592. The van der Waals surface area contributed by atoms with Crippen molar-refractivity contribution in [3.05, 3.63) is 64.4 Å². The number of hydrazine groups is 1. The number of nitrogens with one attached hydrogen (secondary N) is 1. The molecule has 2 rings (SSSR count). The number of hydrogen-bond acceptors (Lipinski definition) is 3. The molecule has 0 fully saturated rings. The first kappa shape index (κ1) is 14.8. The van der Waals surface area contributed by atoms with Crippen LogP contribution >= 0.6 is 11.6 Å². The zero-order valence-electron chi connectivity index (χ0n) is 11.1. The van der Waals surface area contributed by atoms with Crippen molar-refractivity contribution in [2.75, 3.05) is 6.61 Å². The van der Waals surface area contributed by atoms with Gasteiger partial charge in [0.2, 0.25) is 0 Å². The summed E-state index contributed by atoms with van der Waals surface area (Å²) in [6, 6.07) is 11.5. The monoisotopic (exact) mass is 294 g/mol. The van der Waals surface area contributed by atoms with Gasteiger partial charge in [0.15, 0.2) is 0 Å². The molecule has 0 saturated heterocycles. The quantitative estimate of drug-likeness (QED) is 0.656. The van der Waals surface area contributed by atoms with E-state index in [-0.39, 0.29) is 11.9 Å². The number of rotatable bonds is 5. The van der Waals surface area contributed by atoms with Crippen LogP contribution in [0.4, 0.5) is 4.39 Å². The fraction of sp³-hybridized carbons (Fsp3) is 0.200. The number of benzene rings is 2. The van der Waals surface area contributed by atoms with Crippen molar-refractivity contribution in [1.29, 1.82) is 0 Å². The van der Waals surface area contributed by atoms with Crippen molar-refractivity contribution in [2.24, 2.45) is 5.84 Å². The molecule has 2 aromatic carbocycles. The second-order valence-corrected chi connectivity index (χ2v) is 4.68. The highest BCUT2D eigenvalue weighted by Gasteiger charge is 2.16. The predicted octanol–water partition coefficient (Wildman–Crippen LogP) is 3.43. The summed E-state index contributed by atoms with van der Waals surface area (Å²) in [5, 5.41) is 0.328. The van der Waals surface area contributed by atoms with Crippen LogP contribution in [-0.2, 0) is 0 Å². The van der Waals surface area contributed by atoms with Gasteiger partial charge in [-0.25, -0.2) is 9.82 Å². The van der Waals surface area contributed by atoms with Crippen LogP contribution < -0.4 is 16.0 Å². The van der Waals surface area contributed by atoms with Gasteiger partial charge in [-0.2, -0.15) is 0 Å². The van der Waals surface area contributed by atoms with Gasteiger partial charge in [0.25, 0.3) is 0 Å². The Morgan fingerprint density at radius 1 is 1.30 bits per heavy atom. The maximum absolute atomic E-state index is 13.1. The number of hydrogen-bond donors (Lipinski definition) is 2. The van der Waals surface area contributed by atoms with Crippen molar-refractivity contribution in [1.82, 2.24) is 5.43 Å². The fourth-order valence-corrected chi connectivity index (χ4v) is 2.33. The molecule has 0 amide bonds. The van der Waals surface area contributed by atoms with E-state index in [0.717, 1.165) is 11.3 Å². The summed E-state index contributed by atoms with van der Waals surface area (Å²) in [7, 11) is 0.